The number of aliphatic hydroxyl groups is 2. The lowest BCUT2D eigenvalue weighted by Crippen LogP contribution is -2.35. The molecule has 0 aliphatic rings. The van der Waals surface area contributed by atoms with E-state index in [0.717, 1.165) is 5.56 Å². The number of rotatable bonds is 6. The summed E-state index contributed by atoms with van der Waals surface area (Å²) in [5.74, 6) is -0.989. The minimum atomic E-state index is -1.54. The Morgan fingerprint density at radius 3 is 2.15 bits per heavy atom. The second kappa shape index (κ2) is 6.83. The number of carboxylic acids is 1. The van der Waals surface area contributed by atoms with Crippen LogP contribution < -0.4 is 0 Å². The Labute approximate surface area is 119 Å². The van der Waals surface area contributed by atoms with Gasteiger partial charge in [-0.1, -0.05) is 45.0 Å². The van der Waals surface area contributed by atoms with E-state index in [2.05, 4.69) is 20.8 Å². The maximum absolute atomic E-state index is 10.8. The average molecular weight is 281 g/mol. The van der Waals surface area contributed by atoms with Crippen LogP contribution in [0.25, 0.3) is 0 Å². The zero-order valence-electron chi connectivity index (χ0n) is 12.2. The largest absolute Gasteiger partial charge is 0.480 e. The lowest BCUT2D eigenvalue weighted by atomic mass is 9.87. The van der Waals surface area contributed by atoms with Gasteiger partial charge < -0.3 is 15.3 Å². The van der Waals surface area contributed by atoms with Gasteiger partial charge in [0.1, 0.15) is 0 Å². The molecule has 0 aromatic heterocycles. The molecule has 0 unspecified atom stereocenters. The Morgan fingerprint density at radius 2 is 1.75 bits per heavy atom. The molecule has 20 heavy (non-hydrogen) atoms. The number of nitrogens with zero attached hydrogens (tertiary/aromatic N) is 1. The van der Waals surface area contributed by atoms with Crippen LogP contribution in [-0.2, 0) is 16.8 Å². The van der Waals surface area contributed by atoms with Crippen LogP contribution in [0, 0.1) is 0 Å². The molecular weight excluding hydrogens is 258 g/mol. The van der Waals surface area contributed by atoms with Gasteiger partial charge in [0.15, 0.2) is 6.29 Å². The van der Waals surface area contributed by atoms with Gasteiger partial charge in [0.05, 0.1) is 13.1 Å². The second-order valence-corrected chi connectivity index (χ2v) is 5.99. The van der Waals surface area contributed by atoms with Crippen LogP contribution in [0.2, 0.25) is 0 Å². The monoisotopic (exact) mass is 281 g/mol. The fraction of sp³-hybridized carbons (Fsp3) is 0.533. The van der Waals surface area contributed by atoms with Crippen molar-refractivity contribution in [3.05, 3.63) is 35.4 Å². The number of carboxylic acid groups (broad SMARTS) is 1. The molecule has 3 N–H and O–H groups in total. The molecule has 5 heteroatoms. The molecule has 0 aliphatic carbocycles. The molecule has 0 aliphatic heterocycles. The molecule has 112 valence electrons. The Kier molecular flexibility index (Phi) is 5.68. The fourth-order valence-corrected chi connectivity index (χ4v) is 1.98. The number of aliphatic carboxylic acids is 1. The first-order valence-electron chi connectivity index (χ1n) is 6.58. The van der Waals surface area contributed by atoms with Crippen LogP contribution in [0.1, 0.15) is 31.9 Å². The first-order valence-corrected chi connectivity index (χ1v) is 6.58. The van der Waals surface area contributed by atoms with Crippen LogP contribution in [0.15, 0.2) is 24.3 Å². The molecule has 0 bridgehead atoms. The summed E-state index contributed by atoms with van der Waals surface area (Å²) in [5.41, 5.74) is 2.22. The van der Waals surface area contributed by atoms with Gasteiger partial charge >= 0.3 is 5.97 Å². The number of aliphatic hydroxyl groups excluding tert-OH is 1. The van der Waals surface area contributed by atoms with E-state index in [1.54, 1.807) is 0 Å². The number of hydrogen-bond acceptors (Lipinski definition) is 4. The van der Waals surface area contributed by atoms with E-state index in [0.29, 0.717) is 6.54 Å². The maximum Gasteiger partial charge on any atom is 0.317 e. The minimum absolute atomic E-state index is 0.0700. The fourth-order valence-electron chi connectivity index (χ4n) is 1.98. The summed E-state index contributed by atoms with van der Waals surface area (Å²) in [4.78, 5) is 12.2. The van der Waals surface area contributed by atoms with Gasteiger partial charge in [-0.2, -0.15) is 0 Å². The Bertz CT molecular complexity index is 434. The number of carbonyl (C=O) groups is 1. The first-order chi connectivity index (χ1) is 9.18. The Balaban J connectivity index is 2.75. The zero-order valence-corrected chi connectivity index (χ0v) is 12.2. The highest BCUT2D eigenvalue weighted by Gasteiger charge is 2.15. The second-order valence-electron chi connectivity index (χ2n) is 5.99. The van der Waals surface area contributed by atoms with E-state index in [1.807, 2.05) is 24.3 Å². The molecule has 5 nitrogen and oxygen atoms in total. The molecule has 0 atom stereocenters. The summed E-state index contributed by atoms with van der Waals surface area (Å²) in [6.45, 7) is 6.43. The molecule has 0 saturated carbocycles. The highest BCUT2D eigenvalue weighted by atomic mass is 16.5. The summed E-state index contributed by atoms with van der Waals surface area (Å²) in [5, 5.41) is 26.8. The quantitative estimate of drug-likeness (QED) is 0.682. The highest BCUT2D eigenvalue weighted by Crippen LogP contribution is 2.22. The molecule has 0 fully saturated rings. The Hall–Kier alpha value is -1.43. The third kappa shape index (κ3) is 5.69. The van der Waals surface area contributed by atoms with Gasteiger partial charge in [-0.05, 0) is 16.5 Å². The summed E-state index contributed by atoms with van der Waals surface area (Å²) in [6, 6.07) is 7.92. The SMILES string of the molecule is CC(C)(C)c1ccc(CN(CC(=O)O)CC(O)O)cc1. The standard InChI is InChI=1S/C15H23NO4/c1-15(2,3)12-6-4-11(5-7-12)8-16(9-13(17)18)10-14(19)20/h4-7,13,17-18H,8-10H2,1-3H3,(H,19,20). The smallest absolute Gasteiger partial charge is 0.317 e. The molecule has 0 saturated heterocycles. The van der Waals surface area contributed by atoms with Crippen molar-refractivity contribution in [3.63, 3.8) is 0 Å². The van der Waals surface area contributed by atoms with Gasteiger partial charge in [-0.15, -0.1) is 0 Å². The Morgan fingerprint density at radius 1 is 1.20 bits per heavy atom. The van der Waals surface area contributed by atoms with E-state index in [4.69, 9.17) is 15.3 Å². The van der Waals surface area contributed by atoms with Crippen molar-refractivity contribution in [2.24, 2.45) is 0 Å². The molecule has 0 heterocycles. The molecule has 1 rings (SSSR count). The van der Waals surface area contributed by atoms with Crippen molar-refractivity contribution in [1.82, 2.24) is 4.90 Å². The highest BCUT2D eigenvalue weighted by molar-refractivity contribution is 5.69. The molecule has 0 spiro atoms. The summed E-state index contributed by atoms with van der Waals surface area (Å²) < 4.78 is 0. The van der Waals surface area contributed by atoms with E-state index < -0.39 is 12.3 Å². The van der Waals surface area contributed by atoms with E-state index in [-0.39, 0.29) is 18.5 Å². The van der Waals surface area contributed by atoms with Gasteiger partial charge in [-0.3, -0.25) is 9.69 Å². The molecule has 0 radical (unpaired) electrons. The van der Waals surface area contributed by atoms with Crippen molar-refractivity contribution in [2.75, 3.05) is 13.1 Å². The van der Waals surface area contributed by atoms with Gasteiger partial charge in [0.2, 0.25) is 0 Å². The van der Waals surface area contributed by atoms with Crippen LogP contribution in [0.5, 0.6) is 0 Å². The summed E-state index contributed by atoms with van der Waals surface area (Å²) in [7, 11) is 0. The van der Waals surface area contributed by atoms with E-state index in [9.17, 15) is 4.79 Å². The molecule has 1 aromatic rings. The predicted molar refractivity (Wildman–Crippen MR) is 76.3 cm³/mol. The van der Waals surface area contributed by atoms with Crippen molar-refractivity contribution >= 4 is 5.97 Å². The topological polar surface area (TPSA) is 81.0 Å². The van der Waals surface area contributed by atoms with Crippen molar-refractivity contribution in [1.29, 1.82) is 0 Å². The van der Waals surface area contributed by atoms with Crippen LogP contribution in [0.3, 0.4) is 0 Å². The summed E-state index contributed by atoms with van der Waals surface area (Å²) in [6.07, 6.45) is -1.54. The zero-order chi connectivity index (χ0) is 15.3. The number of hydrogen-bond donors (Lipinski definition) is 3. The predicted octanol–water partition coefficient (Wildman–Crippen LogP) is 1.18. The van der Waals surface area contributed by atoms with Gasteiger partial charge in [0, 0.05) is 6.54 Å². The molecule has 0 amide bonds. The lowest BCUT2D eigenvalue weighted by molar-refractivity contribution is -0.140. The third-order valence-corrected chi connectivity index (χ3v) is 3.01. The average Bonchev–Trinajstić information content (AvgIpc) is 2.26. The normalized spacial score (nSPS) is 12.2. The maximum atomic E-state index is 10.8. The minimum Gasteiger partial charge on any atom is -0.480 e. The first kappa shape index (κ1) is 16.6. The molecule has 1 aromatic carbocycles. The van der Waals surface area contributed by atoms with Crippen LogP contribution in [0.4, 0.5) is 0 Å². The van der Waals surface area contributed by atoms with Gasteiger partial charge in [0.25, 0.3) is 0 Å². The van der Waals surface area contributed by atoms with Crippen molar-refractivity contribution in [2.45, 2.75) is 39.0 Å². The number of benzene rings is 1. The molecular formula is C15H23NO4. The van der Waals surface area contributed by atoms with Crippen molar-refractivity contribution < 1.29 is 20.1 Å². The lowest BCUT2D eigenvalue weighted by Gasteiger charge is -2.22. The van der Waals surface area contributed by atoms with E-state index in [1.165, 1.54) is 10.5 Å². The van der Waals surface area contributed by atoms with Crippen LogP contribution in [-0.4, -0.2) is 45.6 Å². The van der Waals surface area contributed by atoms with Gasteiger partial charge in [-0.25, -0.2) is 0 Å². The third-order valence-electron chi connectivity index (χ3n) is 3.01. The summed E-state index contributed by atoms with van der Waals surface area (Å²) >= 11 is 0. The van der Waals surface area contributed by atoms with E-state index >= 15 is 0 Å². The van der Waals surface area contributed by atoms with Crippen LogP contribution >= 0.6 is 0 Å². The van der Waals surface area contributed by atoms with Crippen molar-refractivity contribution in [3.8, 4) is 0 Å².